The van der Waals surface area contributed by atoms with Gasteiger partial charge in [0, 0.05) is 10.2 Å². The molecule has 0 aliphatic rings. The molecular formula is C9H11BrF3N. The number of halogens is 4. The third-order valence-corrected chi connectivity index (χ3v) is 1.71. The van der Waals surface area contributed by atoms with Gasteiger partial charge in [0.1, 0.15) is 0 Å². The van der Waals surface area contributed by atoms with E-state index in [-0.39, 0.29) is 5.69 Å². The van der Waals surface area contributed by atoms with E-state index in [0.29, 0.717) is 4.47 Å². The van der Waals surface area contributed by atoms with E-state index in [2.05, 4.69) is 15.9 Å². The van der Waals surface area contributed by atoms with Crippen molar-refractivity contribution in [2.24, 2.45) is 0 Å². The molecular weight excluding hydrogens is 259 g/mol. The molecule has 0 unspecified atom stereocenters. The maximum Gasteiger partial charge on any atom is 0.416 e. The summed E-state index contributed by atoms with van der Waals surface area (Å²) in [5, 5.41) is 0. The average molecular weight is 270 g/mol. The molecule has 0 saturated carbocycles. The van der Waals surface area contributed by atoms with Crippen molar-refractivity contribution < 1.29 is 13.2 Å². The summed E-state index contributed by atoms with van der Waals surface area (Å²) in [6.45, 7) is 4.00. The highest BCUT2D eigenvalue weighted by atomic mass is 79.9. The van der Waals surface area contributed by atoms with Gasteiger partial charge in [-0.05, 0) is 18.2 Å². The standard InChI is InChI=1S/C7H5BrF3N.C2H6/c8-5-1-4(7(9,10)11)2-6(12)3-5;1-2/h1-3H,12H2;1-2H3. The van der Waals surface area contributed by atoms with Gasteiger partial charge in [0.15, 0.2) is 0 Å². The molecule has 0 radical (unpaired) electrons. The van der Waals surface area contributed by atoms with E-state index >= 15 is 0 Å². The van der Waals surface area contributed by atoms with Crippen LogP contribution in [0.15, 0.2) is 22.7 Å². The van der Waals surface area contributed by atoms with Crippen LogP contribution in [0, 0.1) is 0 Å². The Morgan fingerprint density at radius 1 is 1.14 bits per heavy atom. The van der Waals surface area contributed by atoms with Crippen LogP contribution >= 0.6 is 15.9 Å². The molecule has 0 amide bonds. The van der Waals surface area contributed by atoms with Crippen LogP contribution < -0.4 is 5.73 Å². The lowest BCUT2D eigenvalue weighted by Crippen LogP contribution is -2.05. The Morgan fingerprint density at radius 2 is 1.64 bits per heavy atom. The molecule has 1 aromatic carbocycles. The number of alkyl halides is 3. The fourth-order valence-electron chi connectivity index (χ4n) is 0.776. The van der Waals surface area contributed by atoms with Crippen LogP contribution in [-0.4, -0.2) is 0 Å². The molecule has 0 heterocycles. The number of anilines is 1. The maximum atomic E-state index is 12.1. The number of rotatable bonds is 0. The molecule has 0 aromatic heterocycles. The van der Waals surface area contributed by atoms with Crippen LogP contribution in [-0.2, 0) is 6.18 Å². The number of hydrogen-bond acceptors (Lipinski definition) is 1. The van der Waals surface area contributed by atoms with Crippen molar-refractivity contribution >= 4 is 21.6 Å². The van der Waals surface area contributed by atoms with Crippen molar-refractivity contribution in [2.45, 2.75) is 20.0 Å². The van der Waals surface area contributed by atoms with Crippen LogP contribution in [0.25, 0.3) is 0 Å². The zero-order valence-corrected chi connectivity index (χ0v) is 9.41. The first-order chi connectivity index (χ1) is 6.39. The van der Waals surface area contributed by atoms with Crippen LogP contribution in [0.3, 0.4) is 0 Å². The van der Waals surface area contributed by atoms with E-state index in [1.165, 1.54) is 6.07 Å². The molecule has 0 aliphatic carbocycles. The number of benzene rings is 1. The summed E-state index contributed by atoms with van der Waals surface area (Å²) >= 11 is 2.93. The smallest absolute Gasteiger partial charge is 0.399 e. The third-order valence-electron chi connectivity index (χ3n) is 1.25. The van der Waals surface area contributed by atoms with Gasteiger partial charge < -0.3 is 5.73 Å². The molecule has 0 fully saturated rings. The van der Waals surface area contributed by atoms with Gasteiger partial charge in [0.2, 0.25) is 0 Å². The second kappa shape index (κ2) is 5.24. The van der Waals surface area contributed by atoms with Gasteiger partial charge in [-0.3, -0.25) is 0 Å². The largest absolute Gasteiger partial charge is 0.416 e. The first-order valence-corrected chi connectivity index (χ1v) is 4.82. The summed E-state index contributed by atoms with van der Waals surface area (Å²) < 4.78 is 36.5. The van der Waals surface area contributed by atoms with Crippen molar-refractivity contribution in [3.8, 4) is 0 Å². The molecule has 5 heteroatoms. The summed E-state index contributed by atoms with van der Waals surface area (Å²) in [4.78, 5) is 0. The van der Waals surface area contributed by atoms with E-state index in [9.17, 15) is 13.2 Å². The molecule has 0 spiro atoms. The van der Waals surface area contributed by atoms with Crippen molar-refractivity contribution in [3.05, 3.63) is 28.2 Å². The summed E-state index contributed by atoms with van der Waals surface area (Å²) in [6.07, 6.45) is -4.34. The summed E-state index contributed by atoms with van der Waals surface area (Å²) in [5.41, 5.74) is 4.58. The van der Waals surface area contributed by atoms with Crippen molar-refractivity contribution in [3.63, 3.8) is 0 Å². The molecule has 14 heavy (non-hydrogen) atoms. The van der Waals surface area contributed by atoms with Crippen molar-refractivity contribution in [1.29, 1.82) is 0 Å². The molecule has 0 bridgehead atoms. The first-order valence-electron chi connectivity index (χ1n) is 4.03. The number of hydrogen-bond donors (Lipinski definition) is 1. The van der Waals surface area contributed by atoms with Gasteiger partial charge in [-0.25, -0.2) is 0 Å². The fourth-order valence-corrected chi connectivity index (χ4v) is 1.29. The quantitative estimate of drug-likeness (QED) is 0.706. The summed E-state index contributed by atoms with van der Waals surface area (Å²) in [5.74, 6) is 0. The van der Waals surface area contributed by atoms with E-state index in [1.807, 2.05) is 13.8 Å². The van der Waals surface area contributed by atoms with Crippen LogP contribution in [0.1, 0.15) is 19.4 Å². The number of nitrogens with two attached hydrogens (primary N) is 1. The Bertz CT molecular complexity index is 276. The van der Waals surface area contributed by atoms with E-state index in [4.69, 9.17) is 5.73 Å². The Morgan fingerprint density at radius 3 is 2.00 bits per heavy atom. The van der Waals surface area contributed by atoms with Gasteiger partial charge in [0.25, 0.3) is 0 Å². The maximum absolute atomic E-state index is 12.1. The van der Waals surface area contributed by atoms with Gasteiger partial charge >= 0.3 is 6.18 Å². The van der Waals surface area contributed by atoms with Crippen molar-refractivity contribution in [2.75, 3.05) is 5.73 Å². The monoisotopic (exact) mass is 269 g/mol. The Kier molecular flexibility index (Phi) is 4.97. The minimum atomic E-state index is -4.34. The highest BCUT2D eigenvalue weighted by molar-refractivity contribution is 9.10. The molecule has 1 aromatic rings. The first kappa shape index (κ1) is 13.3. The van der Waals surface area contributed by atoms with E-state index in [0.717, 1.165) is 12.1 Å². The zero-order chi connectivity index (χ0) is 11.4. The number of nitrogen functional groups attached to an aromatic ring is 1. The zero-order valence-electron chi connectivity index (χ0n) is 7.82. The minimum absolute atomic E-state index is 0.0942. The highest BCUT2D eigenvalue weighted by Gasteiger charge is 2.30. The Labute approximate surface area is 89.2 Å². The van der Waals surface area contributed by atoms with Gasteiger partial charge in [-0.1, -0.05) is 29.8 Å². The second-order valence-electron chi connectivity index (χ2n) is 2.27. The molecule has 1 rings (SSSR count). The Balaban J connectivity index is 0.000000791. The van der Waals surface area contributed by atoms with E-state index < -0.39 is 11.7 Å². The van der Waals surface area contributed by atoms with E-state index in [1.54, 1.807) is 0 Å². The van der Waals surface area contributed by atoms with Crippen LogP contribution in [0.2, 0.25) is 0 Å². The molecule has 0 saturated heterocycles. The van der Waals surface area contributed by atoms with Crippen molar-refractivity contribution in [1.82, 2.24) is 0 Å². The predicted molar refractivity (Wildman–Crippen MR) is 54.9 cm³/mol. The second-order valence-corrected chi connectivity index (χ2v) is 3.19. The van der Waals surface area contributed by atoms with Gasteiger partial charge in [-0.2, -0.15) is 13.2 Å². The van der Waals surface area contributed by atoms with Crippen LogP contribution in [0.4, 0.5) is 18.9 Å². The SMILES string of the molecule is CC.Nc1cc(Br)cc(C(F)(F)F)c1. The lowest BCUT2D eigenvalue weighted by Gasteiger charge is -2.07. The predicted octanol–water partition coefficient (Wildman–Crippen LogP) is 4.08. The molecule has 0 atom stereocenters. The fraction of sp³-hybridized carbons (Fsp3) is 0.333. The summed E-state index contributed by atoms with van der Waals surface area (Å²) in [7, 11) is 0. The van der Waals surface area contributed by atoms with Crippen LogP contribution in [0.5, 0.6) is 0 Å². The van der Waals surface area contributed by atoms with Gasteiger partial charge in [-0.15, -0.1) is 0 Å². The Hall–Kier alpha value is -0.710. The lowest BCUT2D eigenvalue weighted by molar-refractivity contribution is -0.137. The lowest BCUT2D eigenvalue weighted by atomic mass is 10.2. The average Bonchev–Trinajstić information content (AvgIpc) is 2.04. The molecule has 80 valence electrons. The highest BCUT2D eigenvalue weighted by Crippen LogP contribution is 2.32. The normalized spacial score (nSPS) is 10.4. The molecule has 2 N–H and O–H groups in total. The molecule has 1 nitrogen and oxygen atoms in total. The summed E-state index contributed by atoms with van der Waals surface area (Å²) in [6, 6.07) is 3.29. The third kappa shape index (κ3) is 4.00. The van der Waals surface area contributed by atoms with Gasteiger partial charge in [0.05, 0.1) is 5.56 Å². The minimum Gasteiger partial charge on any atom is -0.399 e. The topological polar surface area (TPSA) is 26.0 Å². The molecule has 0 aliphatic heterocycles.